The smallest absolute Gasteiger partial charge is 0.197 e. The number of nitrogens with one attached hydrogen (secondary N) is 1. The predicted molar refractivity (Wildman–Crippen MR) is 118 cm³/mol. The number of pyridine rings is 1. The molecule has 0 amide bonds. The van der Waals surface area contributed by atoms with Crippen molar-refractivity contribution in [1.82, 2.24) is 14.4 Å². The molecule has 0 fully saturated rings. The van der Waals surface area contributed by atoms with E-state index in [9.17, 15) is 0 Å². The molecule has 0 saturated carbocycles. The maximum atomic E-state index is 6.47. The van der Waals surface area contributed by atoms with Gasteiger partial charge in [0.05, 0.1) is 15.2 Å². The highest BCUT2D eigenvalue weighted by atomic mass is 35.5. The fourth-order valence-electron chi connectivity index (χ4n) is 3.52. The Morgan fingerprint density at radius 1 is 1.00 bits per heavy atom. The number of anilines is 2. The second-order valence-electron chi connectivity index (χ2n) is 6.74. The van der Waals surface area contributed by atoms with E-state index in [4.69, 9.17) is 16.6 Å². The number of aryl methyl sites for hydroxylation is 2. The first kappa shape index (κ1) is 17.2. The van der Waals surface area contributed by atoms with Crippen molar-refractivity contribution in [3.8, 4) is 11.3 Å². The van der Waals surface area contributed by atoms with Gasteiger partial charge in [0, 0.05) is 23.6 Å². The molecule has 4 nitrogen and oxygen atoms in total. The molecule has 0 aliphatic carbocycles. The molecule has 0 saturated heterocycles. The summed E-state index contributed by atoms with van der Waals surface area (Å²) in [4.78, 5) is 9.99. The molecule has 0 atom stereocenters. The van der Waals surface area contributed by atoms with Crippen LogP contribution in [0.2, 0.25) is 5.02 Å². The van der Waals surface area contributed by atoms with E-state index in [1.807, 2.05) is 6.07 Å². The average molecular weight is 405 g/mol. The lowest BCUT2D eigenvalue weighted by Gasteiger charge is -2.14. The number of hydrogen-bond donors (Lipinski definition) is 1. The lowest BCUT2D eigenvalue weighted by molar-refractivity contribution is 1.26. The lowest BCUT2D eigenvalue weighted by atomic mass is 10.1. The normalized spacial score (nSPS) is 11.4. The topological polar surface area (TPSA) is 42.2 Å². The largest absolute Gasteiger partial charge is 0.339 e. The molecule has 0 aliphatic rings. The van der Waals surface area contributed by atoms with E-state index in [-0.39, 0.29) is 0 Å². The SMILES string of the molecule is Cc1cccc(C)c1Nc1c(-c2ccncc2Cl)nc2sc3ccccc3n12. The van der Waals surface area contributed by atoms with Gasteiger partial charge in [-0.3, -0.25) is 9.38 Å². The molecule has 2 aromatic carbocycles. The molecular formula is C22H17ClN4S. The number of fused-ring (bicyclic) bond motifs is 3. The third kappa shape index (κ3) is 2.66. The minimum Gasteiger partial charge on any atom is -0.339 e. The van der Waals surface area contributed by atoms with Crippen LogP contribution in [-0.2, 0) is 0 Å². The summed E-state index contributed by atoms with van der Waals surface area (Å²) in [6.07, 6.45) is 3.40. The Morgan fingerprint density at radius 3 is 2.57 bits per heavy atom. The van der Waals surface area contributed by atoms with Crippen LogP contribution >= 0.6 is 22.9 Å². The van der Waals surface area contributed by atoms with E-state index in [0.717, 1.165) is 33.2 Å². The molecule has 5 aromatic rings. The standard InChI is InChI=1S/C22H17ClN4S/c1-13-6-5-7-14(2)19(13)25-21-20(15-10-11-24-12-16(15)23)26-22-27(21)17-8-3-4-9-18(17)28-22/h3-12,25H,1-2H3. The number of benzene rings is 2. The predicted octanol–water partition coefficient (Wildman–Crippen LogP) is 6.62. The second-order valence-corrected chi connectivity index (χ2v) is 8.16. The highest BCUT2D eigenvalue weighted by Gasteiger charge is 2.21. The van der Waals surface area contributed by atoms with Gasteiger partial charge in [-0.25, -0.2) is 4.98 Å². The van der Waals surface area contributed by atoms with Crippen molar-refractivity contribution < 1.29 is 0 Å². The minimum absolute atomic E-state index is 0.585. The van der Waals surface area contributed by atoms with Crippen LogP contribution in [0.4, 0.5) is 11.5 Å². The van der Waals surface area contributed by atoms with Crippen LogP contribution in [0, 0.1) is 13.8 Å². The minimum atomic E-state index is 0.585. The van der Waals surface area contributed by atoms with Crippen molar-refractivity contribution in [2.24, 2.45) is 0 Å². The maximum absolute atomic E-state index is 6.47. The van der Waals surface area contributed by atoms with Crippen LogP contribution in [0.5, 0.6) is 0 Å². The van der Waals surface area contributed by atoms with Gasteiger partial charge in [0.15, 0.2) is 4.96 Å². The molecule has 1 N–H and O–H groups in total. The maximum Gasteiger partial charge on any atom is 0.197 e. The molecule has 0 radical (unpaired) electrons. The first-order valence-corrected chi connectivity index (χ1v) is 10.2. The van der Waals surface area contributed by atoms with Gasteiger partial charge in [-0.2, -0.15) is 0 Å². The fourth-order valence-corrected chi connectivity index (χ4v) is 4.75. The van der Waals surface area contributed by atoms with Crippen molar-refractivity contribution in [2.75, 3.05) is 5.32 Å². The zero-order chi connectivity index (χ0) is 19.3. The van der Waals surface area contributed by atoms with Crippen molar-refractivity contribution in [3.63, 3.8) is 0 Å². The average Bonchev–Trinajstić information content (AvgIpc) is 3.21. The van der Waals surface area contributed by atoms with E-state index < -0.39 is 0 Å². The number of thiazole rings is 1. The Morgan fingerprint density at radius 2 is 1.79 bits per heavy atom. The van der Waals surface area contributed by atoms with E-state index in [1.54, 1.807) is 23.7 Å². The zero-order valence-corrected chi connectivity index (χ0v) is 17.0. The summed E-state index contributed by atoms with van der Waals surface area (Å²) in [7, 11) is 0. The second kappa shape index (κ2) is 6.62. The summed E-state index contributed by atoms with van der Waals surface area (Å²) in [5, 5.41) is 4.25. The van der Waals surface area contributed by atoms with Gasteiger partial charge < -0.3 is 5.32 Å². The van der Waals surface area contributed by atoms with E-state index in [2.05, 4.69) is 71.0 Å². The first-order chi connectivity index (χ1) is 13.6. The Hall–Kier alpha value is -2.89. The molecule has 0 bridgehead atoms. The van der Waals surface area contributed by atoms with E-state index >= 15 is 0 Å². The van der Waals surface area contributed by atoms with Crippen LogP contribution in [0.1, 0.15) is 11.1 Å². The van der Waals surface area contributed by atoms with Gasteiger partial charge in [-0.05, 0) is 43.2 Å². The third-order valence-corrected chi connectivity index (χ3v) is 6.23. The van der Waals surface area contributed by atoms with Gasteiger partial charge in [0.2, 0.25) is 0 Å². The molecule has 0 unspecified atom stereocenters. The van der Waals surface area contributed by atoms with Crippen LogP contribution in [0.25, 0.3) is 26.4 Å². The van der Waals surface area contributed by atoms with Crippen LogP contribution in [0.3, 0.4) is 0 Å². The van der Waals surface area contributed by atoms with Crippen molar-refractivity contribution in [1.29, 1.82) is 0 Å². The molecule has 3 heterocycles. The summed E-state index contributed by atoms with van der Waals surface area (Å²) >= 11 is 8.14. The summed E-state index contributed by atoms with van der Waals surface area (Å²) in [5.74, 6) is 0.915. The first-order valence-electron chi connectivity index (χ1n) is 8.96. The van der Waals surface area contributed by atoms with Gasteiger partial charge in [0.1, 0.15) is 11.5 Å². The summed E-state index contributed by atoms with van der Waals surface area (Å²) < 4.78 is 3.37. The van der Waals surface area contributed by atoms with Crippen LogP contribution < -0.4 is 5.32 Å². The highest BCUT2D eigenvalue weighted by Crippen LogP contribution is 2.40. The number of aromatic nitrogens is 3. The number of halogens is 1. The molecular weight excluding hydrogens is 388 g/mol. The Bertz CT molecular complexity index is 1320. The molecule has 0 spiro atoms. The third-order valence-electron chi connectivity index (χ3n) is 4.91. The fraction of sp³-hybridized carbons (Fsp3) is 0.0909. The molecule has 3 aromatic heterocycles. The van der Waals surface area contributed by atoms with Gasteiger partial charge in [0.25, 0.3) is 0 Å². The number of nitrogens with zero attached hydrogens (tertiary/aromatic N) is 3. The van der Waals surface area contributed by atoms with E-state index in [0.29, 0.717) is 5.02 Å². The quantitative estimate of drug-likeness (QED) is 0.367. The Balaban J connectivity index is 1.83. The van der Waals surface area contributed by atoms with Crippen molar-refractivity contribution in [2.45, 2.75) is 13.8 Å². The summed E-state index contributed by atoms with van der Waals surface area (Å²) in [5.41, 5.74) is 6.27. The van der Waals surface area contributed by atoms with Crippen molar-refractivity contribution in [3.05, 3.63) is 77.1 Å². The summed E-state index contributed by atoms with van der Waals surface area (Å²) in [6, 6.07) is 16.5. The summed E-state index contributed by atoms with van der Waals surface area (Å²) in [6.45, 7) is 4.22. The highest BCUT2D eigenvalue weighted by molar-refractivity contribution is 7.23. The molecule has 28 heavy (non-hydrogen) atoms. The number of rotatable bonds is 3. The Kier molecular flexibility index (Phi) is 4.07. The monoisotopic (exact) mass is 404 g/mol. The molecule has 5 rings (SSSR count). The van der Waals surface area contributed by atoms with Crippen LogP contribution in [0.15, 0.2) is 60.9 Å². The van der Waals surface area contributed by atoms with Crippen LogP contribution in [-0.4, -0.2) is 14.4 Å². The van der Waals surface area contributed by atoms with Crippen molar-refractivity contribution >= 4 is 49.6 Å². The molecule has 138 valence electrons. The van der Waals surface area contributed by atoms with Gasteiger partial charge in [-0.15, -0.1) is 0 Å². The molecule has 0 aliphatic heterocycles. The Labute approximate surface area is 171 Å². The number of para-hydroxylation sites is 2. The lowest BCUT2D eigenvalue weighted by Crippen LogP contribution is -2.00. The van der Waals surface area contributed by atoms with Gasteiger partial charge in [-0.1, -0.05) is 53.3 Å². The zero-order valence-electron chi connectivity index (χ0n) is 15.4. The van der Waals surface area contributed by atoms with Gasteiger partial charge >= 0.3 is 0 Å². The van der Waals surface area contributed by atoms with E-state index in [1.165, 1.54) is 15.8 Å². The molecule has 6 heteroatoms. The number of imidazole rings is 1. The number of hydrogen-bond acceptors (Lipinski definition) is 4.